The lowest BCUT2D eigenvalue weighted by Gasteiger charge is -2.30. The molecule has 1 atom stereocenters. The fraction of sp³-hybridized carbons (Fsp3) is 0.391. The number of hydrogen-bond acceptors (Lipinski definition) is 7. The third-order valence-electron chi connectivity index (χ3n) is 5.70. The lowest BCUT2D eigenvalue weighted by molar-refractivity contribution is -0.129. The number of amides is 1. The van der Waals surface area contributed by atoms with E-state index in [1.54, 1.807) is 23.1 Å². The molecule has 1 fully saturated rings. The zero-order valence-corrected chi connectivity index (χ0v) is 17.5. The highest BCUT2D eigenvalue weighted by molar-refractivity contribution is 6.15. The number of ketones is 1. The van der Waals surface area contributed by atoms with Crippen molar-refractivity contribution < 1.29 is 28.6 Å². The van der Waals surface area contributed by atoms with Gasteiger partial charge in [0.05, 0.1) is 38.2 Å². The van der Waals surface area contributed by atoms with Gasteiger partial charge in [-0.25, -0.2) is 0 Å². The molecule has 0 unspecified atom stereocenters. The molecule has 8 nitrogen and oxygen atoms in total. The summed E-state index contributed by atoms with van der Waals surface area (Å²) in [6.45, 7) is 4.31. The van der Waals surface area contributed by atoms with Crippen molar-refractivity contribution in [1.29, 1.82) is 0 Å². The number of Topliss-reactive ketones (excluding diaryl/α,β-unsaturated/α-hetero) is 1. The van der Waals surface area contributed by atoms with Gasteiger partial charge in [-0.1, -0.05) is 18.2 Å². The van der Waals surface area contributed by atoms with E-state index >= 15 is 0 Å². The Hall–Kier alpha value is -3.10. The van der Waals surface area contributed by atoms with Crippen LogP contribution in [0.4, 0.5) is 0 Å². The lowest BCUT2D eigenvalue weighted by atomic mass is 9.94. The summed E-state index contributed by atoms with van der Waals surface area (Å²) in [7, 11) is 1.54. The monoisotopic (exact) mass is 426 g/mol. The molecule has 1 N–H and O–H groups in total. The third-order valence-corrected chi connectivity index (χ3v) is 5.70. The molecule has 0 spiro atoms. The van der Waals surface area contributed by atoms with E-state index in [-0.39, 0.29) is 11.3 Å². The van der Waals surface area contributed by atoms with Gasteiger partial charge in [-0.15, -0.1) is 0 Å². The quantitative estimate of drug-likeness (QED) is 0.649. The Labute approximate surface area is 180 Å². The van der Waals surface area contributed by atoms with Gasteiger partial charge in [0, 0.05) is 31.7 Å². The number of carbonyl (C=O) groups is 2. The van der Waals surface area contributed by atoms with Crippen LogP contribution in [0.3, 0.4) is 0 Å². The summed E-state index contributed by atoms with van der Waals surface area (Å²) in [5.41, 5.74) is 0.652. The van der Waals surface area contributed by atoms with E-state index in [1.165, 1.54) is 19.4 Å². The number of furan rings is 1. The number of para-hydroxylation sites is 1. The van der Waals surface area contributed by atoms with E-state index in [0.29, 0.717) is 37.5 Å². The Bertz CT molecular complexity index is 962. The first-order valence-electron chi connectivity index (χ1n) is 10.4. The van der Waals surface area contributed by atoms with Crippen molar-refractivity contribution in [2.24, 2.45) is 0 Å². The Morgan fingerprint density at radius 2 is 1.94 bits per heavy atom. The summed E-state index contributed by atoms with van der Waals surface area (Å²) in [4.78, 5) is 30.0. The Morgan fingerprint density at radius 3 is 2.65 bits per heavy atom. The van der Waals surface area contributed by atoms with Crippen molar-refractivity contribution in [2.45, 2.75) is 12.5 Å². The van der Waals surface area contributed by atoms with E-state index in [1.807, 2.05) is 12.1 Å². The van der Waals surface area contributed by atoms with Crippen LogP contribution in [-0.4, -0.2) is 73.1 Å². The molecule has 8 heteroatoms. The molecule has 1 aromatic carbocycles. The summed E-state index contributed by atoms with van der Waals surface area (Å²) < 4.78 is 16.1. The summed E-state index contributed by atoms with van der Waals surface area (Å²) in [6.07, 6.45) is 2.09. The molecule has 2 aliphatic rings. The average molecular weight is 426 g/mol. The van der Waals surface area contributed by atoms with E-state index < -0.39 is 23.5 Å². The molecular formula is C23H26N2O6. The van der Waals surface area contributed by atoms with Gasteiger partial charge in [-0.3, -0.25) is 14.5 Å². The minimum atomic E-state index is -0.758. The molecule has 2 aliphatic heterocycles. The largest absolute Gasteiger partial charge is 0.503 e. The van der Waals surface area contributed by atoms with Crippen molar-refractivity contribution in [2.75, 3.05) is 46.5 Å². The second kappa shape index (κ2) is 9.36. The normalized spacial score (nSPS) is 19.8. The number of benzene rings is 1. The van der Waals surface area contributed by atoms with Crippen molar-refractivity contribution in [3.05, 3.63) is 65.3 Å². The highest BCUT2D eigenvalue weighted by Gasteiger charge is 2.45. The topological polar surface area (TPSA) is 92.5 Å². The van der Waals surface area contributed by atoms with E-state index in [2.05, 4.69) is 4.90 Å². The summed E-state index contributed by atoms with van der Waals surface area (Å²) in [5.74, 6) is -0.999. The average Bonchev–Trinajstić information content (AvgIpc) is 3.42. The highest BCUT2D eigenvalue weighted by atomic mass is 16.5. The van der Waals surface area contributed by atoms with Gasteiger partial charge in [0.25, 0.3) is 5.91 Å². The van der Waals surface area contributed by atoms with Crippen LogP contribution in [0.15, 0.2) is 58.4 Å². The standard InChI is InChI=1S/C23H26N2O6/c1-29-17-7-3-2-6-16(17)20-19(21(26)18-8-4-13-31-18)22(27)23(28)25(20)10-5-9-24-11-14-30-15-12-24/h2-4,6-8,13,20,27H,5,9-12,14-15H2,1H3/t20-/m0/s1. The number of aliphatic hydroxyl groups excluding tert-OH is 1. The first kappa shape index (κ1) is 21.1. The van der Waals surface area contributed by atoms with Crippen LogP contribution in [0.25, 0.3) is 0 Å². The number of ether oxygens (including phenoxy) is 2. The molecule has 1 aromatic heterocycles. The third kappa shape index (κ3) is 4.22. The molecule has 1 amide bonds. The van der Waals surface area contributed by atoms with Crippen LogP contribution in [0.1, 0.15) is 28.6 Å². The predicted molar refractivity (Wildman–Crippen MR) is 112 cm³/mol. The second-order valence-corrected chi connectivity index (χ2v) is 7.52. The van der Waals surface area contributed by atoms with Crippen LogP contribution >= 0.6 is 0 Å². The number of nitrogens with zero attached hydrogens (tertiary/aromatic N) is 2. The van der Waals surface area contributed by atoms with Gasteiger partial charge < -0.3 is 23.9 Å². The van der Waals surface area contributed by atoms with Crippen LogP contribution in [0, 0.1) is 0 Å². The summed E-state index contributed by atoms with van der Waals surface area (Å²) in [6, 6.07) is 9.58. The fourth-order valence-electron chi connectivity index (χ4n) is 4.16. The van der Waals surface area contributed by atoms with Crippen LogP contribution in [0.2, 0.25) is 0 Å². The van der Waals surface area contributed by atoms with E-state index in [0.717, 1.165) is 19.6 Å². The van der Waals surface area contributed by atoms with Crippen LogP contribution in [-0.2, 0) is 9.53 Å². The zero-order chi connectivity index (χ0) is 21.8. The molecule has 31 heavy (non-hydrogen) atoms. The second-order valence-electron chi connectivity index (χ2n) is 7.52. The minimum absolute atomic E-state index is 0.0100. The van der Waals surface area contributed by atoms with Crippen molar-refractivity contribution in [3.8, 4) is 5.75 Å². The van der Waals surface area contributed by atoms with Crippen LogP contribution in [0.5, 0.6) is 5.75 Å². The molecule has 4 rings (SSSR count). The SMILES string of the molecule is COc1ccccc1[C@H]1C(C(=O)c2ccco2)=C(O)C(=O)N1CCCN1CCOCC1. The Morgan fingerprint density at radius 1 is 1.16 bits per heavy atom. The smallest absolute Gasteiger partial charge is 0.290 e. The Kier molecular flexibility index (Phi) is 6.39. The number of carbonyl (C=O) groups excluding carboxylic acids is 2. The molecule has 164 valence electrons. The van der Waals surface area contributed by atoms with Gasteiger partial charge in [0.1, 0.15) is 5.75 Å². The minimum Gasteiger partial charge on any atom is -0.503 e. The van der Waals surface area contributed by atoms with Crippen molar-refractivity contribution >= 4 is 11.7 Å². The zero-order valence-electron chi connectivity index (χ0n) is 17.5. The fourth-order valence-corrected chi connectivity index (χ4v) is 4.16. The lowest BCUT2D eigenvalue weighted by Crippen LogP contribution is -2.39. The molecule has 0 radical (unpaired) electrons. The summed E-state index contributed by atoms with van der Waals surface area (Å²) in [5, 5.41) is 10.7. The molecular weight excluding hydrogens is 400 g/mol. The van der Waals surface area contributed by atoms with Gasteiger partial charge in [0.15, 0.2) is 11.5 Å². The molecule has 1 saturated heterocycles. The molecule has 3 heterocycles. The number of aliphatic hydroxyl groups is 1. The molecule has 0 bridgehead atoms. The first-order chi connectivity index (χ1) is 15.1. The maximum Gasteiger partial charge on any atom is 0.290 e. The first-order valence-corrected chi connectivity index (χ1v) is 10.4. The van der Waals surface area contributed by atoms with Gasteiger partial charge >= 0.3 is 0 Å². The van der Waals surface area contributed by atoms with E-state index in [4.69, 9.17) is 13.9 Å². The van der Waals surface area contributed by atoms with Crippen molar-refractivity contribution in [3.63, 3.8) is 0 Å². The predicted octanol–water partition coefficient (Wildman–Crippen LogP) is 2.59. The van der Waals surface area contributed by atoms with Gasteiger partial charge in [-0.05, 0) is 24.6 Å². The number of methoxy groups -OCH3 is 1. The molecule has 0 aliphatic carbocycles. The number of morpholine rings is 1. The summed E-state index contributed by atoms with van der Waals surface area (Å²) >= 11 is 0. The van der Waals surface area contributed by atoms with Gasteiger partial charge in [-0.2, -0.15) is 0 Å². The molecule has 0 saturated carbocycles. The van der Waals surface area contributed by atoms with Crippen molar-refractivity contribution in [1.82, 2.24) is 9.80 Å². The van der Waals surface area contributed by atoms with E-state index in [9.17, 15) is 14.7 Å². The number of hydrogen-bond donors (Lipinski definition) is 1. The number of rotatable bonds is 8. The maximum absolute atomic E-state index is 13.2. The maximum atomic E-state index is 13.2. The molecule has 2 aromatic rings. The highest BCUT2D eigenvalue weighted by Crippen LogP contribution is 2.42. The van der Waals surface area contributed by atoms with Gasteiger partial charge in [0.2, 0.25) is 5.78 Å². The Balaban J connectivity index is 1.63. The van der Waals surface area contributed by atoms with Crippen LogP contribution < -0.4 is 4.74 Å².